The predicted octanol–water partition coefficient (Wildman–Crippen LogP) is -1.26. The normalized spacial score (nSPS) is 14.6. The molecule has 0 amide bonds. The van der Waals surface area contributed by atoms with Crippen molar-refractivity contribution in [2.24, 2.45) is 0 Å². The molecule has 0 aromatic heterocycles. The van der Waals surface area contributed by atoms with E-state index in [2.05, 4.69) is 8.92 Å². The van der Waals surface area contributed by atoms with Gasteiger partial charge in [-0.1, -0.05) is 0 Å². The Kier molecular flexibility index (Phi) is 4.65. The van der Waals surface area contributed by atoms with Crippen molar-refractivity contribution < 1.29 is 35.1 Å². The molecule has 0 fully saturated rings. The third-order valence-corrected chi connectivity index (χ3v) is 4.66. The van der Waals surface area contributed by atoms with Crippen LogP contribution < -0.4 is 0 Å². The summed E-state index contributed by atoms with van der Waals surface area (Å²) in [6.07, 6.45) is 0. The van der Waals surface area contributed by atoms with Gasteiger partial charge in [0.15, 0.2) is 0 Å². The standard InChI is InChI=1S/C5H10O8S2/c1-3-13-15(10,11)5(4(6)12-2)14(7,8)9/h5H,3H2,1-2H3,(H,7,8,9). The molecule has 0 rings (SSSR count). The second-order valence-electron chi connectivity index (χ2n) is 2.27. The third-order valence-electron chi connectivity index (χ3n) is 1.21. The van der Waals surface area contributed by atoms with Crippen LogP contribution in [0.4, 0.5) is 0 Å². The van der Waals surface area contributed by atoms with Gasteiger partial charge in [0.2, 0.25) is 0 Å². The molecule has 0 saturated heterocycles. The summed E-state index contributed by atoms with van der Waals surface area (Å²) in [6.45, 7) is 0.904. The Labute approximate surface area is 87.1 Å². The van der Waals surface area contributed by atoms with Crippen LogP contribution in [0.2, 0.25) is 0 Å². The first-order valence-corrected chi connectivity index (χ1v) is 6.56. The van der Waals surface area contributed by atoms with Gasteiger partial charge < -0.3 is 4.74 Å². The number of methoxy groups -OCH3 is 1. The summed E-state index contributed by atoms with van der Waals surface area (Å²) in [5, 5.41) is 0. The van der Waals surface area contributed by atoms with Crippen molar-refractivity contribution in [3.63, 3.8) is 0 Å². The van der Waals surface area contributed by atoms with E-state index in [1.807, 2.05) is 0 Å². The molecule has 0 aliphatic heterocycles. The van der Waals surface area contributed by atoms with Crippen LogP contribution in [0.5, 0.6) is 0 Å². The van der Waals surface area contributed by atoms with Crippen LogP contribution in [0.3, 0.4) is 0 Å². The lowest BCUT2D eigenvalue weighted by atomic mass is 10.8. The van der Waals surface area contributed by atoms with Crippen molar-refractivity contribution in [1.82, 2.24) is 0 Å². The summed E-state index contributed by atoms with van der Waals surface area (Å²) < 4.78 is 57.3. The minimum absolute atomic E-state index is 0.370. The average molecular weight is 262 g/mol. The lowest BCUT2D eigenvalue weighted by Crippen LogP contribution is -2.39. The van der Waals surface area contributed by atoms with Crippen molar-refractivity contribution >= 4 is 26.2 Å². The molecule has 0 spiro atoms. The van der Waals surface area contributed by atoms with Gasteiger partial charge in [0.1, 0.15) is 0 Å². The van der Waals surface area contributed by atoms with Gasteiger partial charge in [-0.05, 0) is 6.92 Å². The number of esters is 1. The molecule has 1 unspecified atom stereocenters. The summed E-state index contributed by atoms with van der Waals surface area (Å²) in [5.41, 5.74) is 0. The van der Waals surface area contributed by atoms with Crippen LogP contribution in [-0.2, 0) is 34.0 Å². The van der Waals surface area contributed by atoms with Crippen LogP contribution in [0.15, 0.2) is 0 Å². The zero-order chi connectivity index (χ0) is 12.3. The zero-order valence-electron chi connectivity index (χ0n) is 7.91. The molecule has 0 aliphatic rings. The van der Waals surface area contributed by atoms with E-state index in [4.69, 9.17) is 4.55 Å². The highest BCUT2D eigenvalue weighted by Crippen LogP contribution is 2.12. The van der Waals surface area contributed by atoms with E-state index in [1.54, 1.807) is 0 Å². The van der Waals surface area contributed by atoms with E-state index >= 15 is 0 Å². The molecule has 10 heteroatoms. The van der Waals surface area contributed by atoms with Crippen molar-refractivity contribution in [1.29, 1.82) is 0 Å². The molecule has 0 radical (unpaired) electrons. The first kappa shape index (κ1) is 14.3. The molecule has 8 nitrogen and oxygen atoms in total. The van der Waals surface area contributed by atoms with Crippen molar-refractivity contribution in [2.45, 2.75) is 11.5 Å². The Morgan fingerprint density at radius 2 is 1.80 bits per heavy atom. The number of carbonyl (C=O) groups excluding carboxylic acids is 1. The fourth-order valence-corrected chi connectivity index (χ4v) is 3.19. The van der Waals surface area contributed by atoms with Crippen LogP contribution in [0, 0.1) is 0 Å². The Morgan fingerprint density at radius 3 is 2.07 bits per heavy atom. The molecule has 15 heavy (non-hydrogen) atoms. The number of rotatable bonds is 5. The van der Waals surface area contributed by atoms with E-state index in [-0.39, 0.29) is 6.61 Å². The first-order valence-electron chi connectivity index (χ1n) is 3.59. The van der Waals surface area contributed by atoms with E-state index in [0.717, 1.165) is 7.11 Å². The minimum atomic E-state index is -5.14. The fourth-order valence-electron chi connectivity index (χ4n) is 0.711. The van der Waals surface area contributed by atoms with Gasteiger partial charge in [0.05, 0.1) is 13.7 Å². The summed E-state index contributed by atoms with van der Waals surface area (Å²) in [5.74, 6) is -1.63. The highest BCUT2D eigenvalue weighted by Gasteiger charge is 2.45. The molecule has 0 saturated carbocycles. The Bertz CT molecular complexity index is 418. The van der Waals surface area contributed by atoms with Gasteiger partial charge in [0, 0.05) is 0 Å². The zero-order valence-corrected chi connectivity index (χ0v) is 9.54. The van der Waals surface area contributed by atoms with Gasteiger partial charge in [-0.3, -0.25) is 8.74 Å². The van der Waals surface area contributed by atoms with E-state index < -0.39 is 30.8 Å². The summed E-state index contributed by atoms with van der Waals surface area (Å²) >= 11 is 0. The van der Waals surface area contributed by atoms with Gasteiger partial charge in [-0.2, -0.15) is 16.8 Å². The molecule has 0 heterocycles. The van der Waals surface area contributed by atoms with E-state index in [1.165, 1.54) is 6.92 Å². The van der Waals surface area contributed by atoms with Crippen molar-refractivity contribution in [2.75, 3.05) is 13.7 Å². The molecule has 90 valence electrons. The third kappa shape index (κ3) is 3.74. The molecular formula is C5H10O8S2. The van der Waals surface area contributed by atoms with Crippen molar-refractivity contribution in [3.8, 4) is 0 Å². The molecule has 0 aromatic carbocycles. The maximum absolute atomic E-state index is 11.1. The Morgan fingerprint density at radius 1 is 1.33 bits per heavy atom. The average Bonchev–Trinajstić information content (AvgIpc) is 2.00. The van der Waals surface area contributed by atoms with Gasteiger partial charge >= 0.3 is 10.6 Å². The lowest BCUT2D eigenvalue weighted by Gasteiger charge is -2.11. The SMILES string of the molecule is CCOS(=O)(=O)C(C(=O)OC)S(=O)(=O)O. The van der Waals surface area contributed by atoms with Gasteiger partial charge in [-0.25, -0.2) is 4.79 Å². The topological polar surface area (TPSA) is 124 Å². The van der Waals surface area contributed by atoms with E-state index in [9.17, 15) is 21.6 Å². The number of hydrogen-bond acceptors (Lipinski definition) is 7. The quantitative estimate of drug-likeness (QED) is 0.370. The highest BCUT2D eigenvalue weighted by molar-refractivity contribution is 8.05. The fraction of sp³-hybridized carbons (Fsp3) is 0.800. The Hall–Kier alpha value is -0.710. The highest BCUT2D eigenvalue weighted by atomic mass is 32.3. The molecule has 0 aromatic rings. The van der Waals surface area contributed by atoms with Gasteiger partial charge in [-0.15, -0.1) is 0 Å². The molecule has 1 N–H and O–H groups in total. The molecule has 0 aliphatic carbocycles. The minimum Gasteiger partial charge on any atom is -0.467 e. The number of hydrogen-bond donors (Lipinski definition) is 1. The molecular weight excluding hydrogens is 252 g/mol. The number of carbonyl (C=O) groups is 1. The van der Waals surface area contributed by atoms with Crippen LogP contribution in [-0.4, -0.2) is 45.7 Å². The second kappa shape index (κ2) is 4.88. The van der Waals surface area contributed by atoms with Crippen LogP contribution in [0.1, 0.15) is 6.92 Å². The number of ether oxygens (including phenoxy) is 1. The predicted molar refractivity (Wildman–Crippen MR) is 47.9 cm³/mol. The molecule has 1 atom stereocenters. The molecule has 0 bridgehead atoms. The summed E-state index contributed by atoms with van der Waals surface area (Å²) in [6, 6.07) is 0. The van der Waals surface area contributed by atoms with E-state index in [0.29, 0.717) is 0 Å². The largest absolute Gasteiger partial charge is 0.467 e. The second-order valence-corrected chi connectivity index (χ2v) is 5.76. The summed E-state index contributed by atoms with van der Waals surface area (Å²) in [4.78, 5) is 10.9. The lowest BCUT2D eigenvalue weighted by molar-refractivity contribution is -0.138. The summed E-state index contributed by atoms with van der Waals surface area (Å²) in [7, 11) is -9.12. The van der Waals surface area contributed by atoms with Crippen molar-refractivity contribution in [3.05, 3.63) is 0 Å². The van der Waals surface area contributed by atoms with Crippen LogP contribution >= 0.6 is 0 Å². The van der Waals surface area contributed by atoms with Gasteiger partial charge in [0.25, 0.3) is 20.2 Å². The first-order chi connectivity index (χ1) is 6.66. The smallest absolute Gasteiger partial charge is 0.345 e. The maximum Gasteiger partial charge on any atom is 0.345 e. The van der Waals surface area contributed by atoms with Crippen LogP contribution in [0.25, 0.3) is 0 Å². The maximum atomic E-state index is 11.1. The Balaban J connectivity index is 5.43. The monoisotopic (exact) mass is 262 g/mol.